The Balaban J connectivity index is 4.26. The van der Waals surface area contributed by atoms with Gasteiger partial charge in [-0.05, 0) is 45.4 Å². The molecule has 0 bridgehead atoms. The van der Waals surface area contributed by atoms with Crippen molar-refractivity contribution in [2.24, 2.45) is 11.3 Å². The van der Waals surface area contributed by atoms with Crippen LogP contribution in [0.4, 0.5) is 0 Å². The number of aliphatic hydroxyl groups is 1. The van der Waals surface area contributed by atoms with E-state index >= 15 is 0 Å². The van der Waals surface area contributed by atoms with E-state index in [1.165, 1.54) is 0 Å². The third kappa shape index (κ3) is 8.61. The first-order valence-corrected chi connectivity index (χ1v) is 7.38. The molecule has 3 unspecified atom stereocenters. The number of aliphatic hydroxyl groups excluding tert-OH is 1. The zero-order chi connectivity index (χ0) is 15.3. The van der Waals surface area contributed by atoms with Crippen LogP contribution >= 0.6 is 0 Å². The van der Waals surface area contributed by atoms with Crippen molar-refractivity contribution in [3.63, 3.8) is 0 Å². The Bertz CT molecular complexity index is 243. The fourth-order valence-electron chi connectivity index (χ4n) is 2.19. The Labute approximate surface area is 119 Å². The fourth-order valence-corrected chi connectivity index (χ4v) is 2.19. The van der Waals surface area contributed by atoms with Crippen LogP contribution in [-0.4, -0.2) is 36.1 Å². The molecule has 3 atom stereocenters. The molecule has 0 heterocycles. The first-order chi connectivity index (χ1) is 8.48. The number of hydrogen-bond acceptors (Lipinski definition) is 3. The van der Waals surface area contributed by atoms with Gasteiger partial charge in [0.15, 0.2) is 0 Å². The Morgan fingerprint density at radius 2 is 1.47 bits per heavy atom. The highest BCUT2D eigenvalue weighted by molar-refractivity contribution is 4.81. The van der Waals surface area contributed by atoms with Crippen molar-refractivity contribution in [2.45, 2.75) is 79.6 Å². The predicted molar refractivity (Wildman–Crippen MR) is 80.4 cm³/mol. The highest BCUT2D eigenvalue weighted by Gasteiger charge is 2.31. The van der Waals surface area contributed by atoms with Crippen molar-refractivity contribution in [2.75, 3.05) is 13.2 Å². The second-order valence-corrected chi connectivity index (χ2v) is 7.52. The van der Waals surface area contributed by atoms with E-state index in [0.29, 0.717) is 17.9 Å². The maximum Gasteiger partial charge on any atom is 0.0788 e. The van der Waals surface area contributed by atoms with Gasteiger partial charge in [0.1, 0.15) is 0 Å². The van der Waals surface area contributed by atoms with Crippen molar-refractivity contribution in [3.8, 4) is 0 Å². The molecule has 0 saturated carbocycles. The zero-order valence-corrected chi connectivity index (χ0v) is 14.1. The molecule has 0 aromatic heterocycles. The summed E-state index contributed by atoms with van der Waals surface area (Å²) in [6.07, 6.45) is 1.04. The molecule has 3 heteroatoms. The van der Waals surface area contributed by atoms with Gasteiger partial charge in [-0.3, -0.25) is 0 Å². The summed E-state index contributed by atoms with van der Waals surface area (Å²) in [7, 11) is 0. The van der Waals surface area contributed by atoms with Gasteiger partial charge >= 0.3 is 0 Å². The van der Waals surface area contributed by atoms with Crippen LogP contribution in [0.1, 0.15) is 61.8 Å². The van der Waals surface area contributed by atoms with E-state index in [2.05, 4.69) is 41.5 Å². The summed E-state index contributed by atoms with van der Waals surface area (Å²) >= 11 is 0. The van der Waals surface area contributed by atoms with E-state index in [4.69, 9.17) is 14.6 Å². The Kier molecular flexibility index (Phi) is 7.56. The minimum absolute atomic E-state index is 0.0337. The van der Waals surface area contributed by atoms with Crippen molar-refractivity contribution in [3.05, 3.63) is 0 Å². The number of rotatable bonds is 8. The average Bonchev–Trinajstić information content (AvgIpc) is 2.22. The van der Waals surface area contributed by atoms with Crippen molar-refractivity contribution in [1.82, 2.24) is 0 Å². The van der Waals surface area contributed by atoms with E-state index in [1.54, 1.807) is 0 Å². The smallest absolute Gasteiger partial charge is 0.0788 e. The second-order valence-electron chi connectivity index (χ2n) is 7.52. The maximum absolute atomic E-state index is 8.93. The van der Waals surface area contributed by atoms with Gasteiger partial charge in [-0.2, -0.15) is 0 Å². The molecule has 0 radical (unpaired) electrons. The molecule has 0 aliphatic carbocycles. The molecule has 0 aromatic carbocycles. The molecule has 0 aromatic rings. The van der Waals surface area contributed by atoms with Crippen LogP contribution in [0.3, 0.4) is 0 Å². The summed E-state index contributed by atoms with van der Waals surface area (Å²) in [4.78, 5) is 0. The monoisotopic (exact) mass is 274 g/mol. The molecule has 0 amide bonds. The molecule has 3 nitrogen and oxygen atoms in total. The molecule has 0 aliphatic heterocycles. The predicted octanol–water partition coefficient (Wildman–Crippen LogP) is 3.64. The Morgan fingerprint density at radius 1 is 0.947 bits per heavy atom. The topological polar surface area (TPSA) is 38.7 Å². The summed E-state index contributed by atoms with van der Waals surface area (Å²) in [6.45, 7) is 17.8. The van der Waals surface area contributed by atoms with Gasteiger partial charge in [-0.25, -0.2) is 0 Å². The Morgan fingerprint density at radius 3 is 1.89 bits per heavy atom. The van der Waals surface area contributed by atoms with Gasteiger partial charge in [0, 0.05) is 0 Å². The van der Waals surface area contributed by atoms with E-state index in [1.807, 2.05) is 13.8 Å². The summed E-state index contributed by atoms with van der Waals surface area (Å²) in [5, 5.41) is 8.93. The van der Waals surface area contributed by atoms with Gasteiger partial charge in [0.2, 0.25) is 0 Å². The largest absolute Gasteiger partial charge is 0.394 e. The zero-order valence-electron chi connectivity index (χ0n) is 14.1. The lowest BCUT2D eigenvalue weighted by molar-refractivity contribution is -0.132. The molecular formula is C16H34O3. The van der Waals surface area contributed by atoms with E-state index < -0.39 is 0 Å². The third-order valence-electron chi connectivity index (χ3n) is 3.48. The van der Waals surface area contributed by atoms with Gasteiger partial charge in [-0.1, -0.05) is 27.7 Å². The van der Waals surface area contributed by atoms with Crippen LogP contribution in [0.5, 0.6) is 0 Å². The van der Waals surface area contributed by atoms with Gasteiger partial charge in [0.05, 0.1) is 31.0 Å². The van der Waals surface area contributed by atoms with Crippen LogP contribution in [0.15, 0.2) is 0 Å². The third-order valence-corrected chi connectivity index (χ3v) is 3.48. The lowest BCUT2D eigenvalue weighted by Gasteiger charge is -2.38. The van der Waals surface area contributed by atoms with Crippen LogP contribution in [-0.2, 0) is 9.47 Å². The van der Waals surface area contributed by atoms with Crippen LogP contribution in [0, 0.1) is 11.3 Å². The molecule has 0 spiro atoms. The van der Waals surface area contributed by atoms with Gasteiger partial charge < -0.3 is 14.6 Å². The molecular weight excluding hydrogens is 240 g/mol. The number of ether oxygens (including phenoxy) is 2. The standard InChI is InChI=1S/C16H34O3/c1-12(9-15(4,5)6)16(7,8)19-14(3)11-18-13(2)10-17/h12-14,17H,9-11H2,1-8H3. The minimum Gasteiger partial charge on any atom is -0.394 e. The van der Waals surface area contributed by atoms with Crippen LogP contribution in [0.2, 0.25) is 0 Å². The maximum atomic E-state index is 8.93. The van der Waals surface area contributed by atoms with Crippen molar-refractivity contribution >= 4 is 0 Å². The van der Waals surface area contributed by atoms with Crippen LogP contribution in [0.25, 0.3) is 0 Å². The first kappa shape index (κ1) is 18.9. The molecule has 0 saturated heterocycles. The summed E-state index contributed by atoms with van der Waals surface area (Å²) < 4.78 is 11.6. The summed E-state index contributed by atoms with van der Waals surface area (Å²) in [5.41, 5.74) is 0.143. The van der Waals surface area contributed by atoms with Crippen molar-refractivity contribution < 1.29 is 14.6 Å². The van der Waals surface area contributed by atoms with Gasteiger partial charge in [-0.15, -0.1) is 0 Å². The van der Waals surface area contributed by atoms with E-state index in [9.17, 15) is 0 Å². The normalized spacial score (nSPS) is 18.2. The van der Waals surface area contributed by atoms with Crippen molar-refractivity contribution in [1.29, 1.82) is 0 Å². The lowest BCUT2D eigenvalue weighted by Crippen LogP contribution is -2.39. The first-order valence-electron chi connectivity index (χ1n) is 7.38. The molecule has 0 aliphatic rings. The molecule has 19 heavy (non-hydrogen) atoms. The SMILES string of the molecule is CC(CO)OCC(C)OC(C)(C)C(C)CC(C)(C)C. The number of hydrogen-bond donors (Lipinski definition) is 1. The molecule has 0 fully saturated rings. The highest BCUT2D eigenvalue weighted by atomic mass is 16.6. The Hall–Kier alpha value is -0.120. The second kappa shape index (κ2) is 7.61. The highest BCUT2D eigenvalue weighted by Crippen LogP contribution is 2.33. The molecule has 1 N–H and O–H groups in total. The summed E-state index contributed by atoms with van der Waals surface area (Å²) in [6, 6.07) is 0. The van der Waals surface area contributed by atoms with E-state index in [-0.39, 0.29) is 24.4 Å². The summed E-state index contributed by atoms with van der Waals surface area (Å²) in [5.74, 6) is 0.477. The quantitative estimate of drug-likeness (QED) is 0.734. The van der Waals surface area contributed by atoms with Gasteiger partial charge in [0.25, 0.3) is 0 Å². The molecule has 116 valence electrons. The average molecular weight is 274 g/mol. The lowest BCUT2D eigenvalue weighted by atomic mass is 9.78. The minimum atomic E-state index is -0.168. The van der Waals surface area contributed by atoms with Crippen LogP contribution < -0.4 is 0 Å². The van der Waals surface area contributed by atoms with E-state index in [0.717, 1.165) is 6.42 Å². The fraction of sp³-hybridized carbons (Fsp3) is 1.00. The molecule has 0 rings (SSSR count).